The maximum absolute atomic E-state index is 6.04. The van der Waals surface area contributed by atoms with E-state index < -0.39 is 0 Å². The molecule has 0 saturated heterocycles. The van der Waals surface area contributed by atoms with Crippen LogP contribution in [0.2, 0.25) is 15.1 Å². The molecule has 6 heteroatoms. The van der Waals surface area contributed by atoms with Crippen LogP contribution in [-0.2, 0) is 0 Å². The van der Waals surface area contributed by atoms with E-state index in [1.165, 1.54) is 6.20 Å². The number of benzene rings is 1. The van der Waals surface area contributed by atoms with E-state index in [2.05, 4.69) is 10.3 Å². The highest BCUT2D eigenvalue weighted by atomic mass is 35.5. The van der Waals surface area contributed by atoms with Crippen molar-refractivity contribution in [2.45, 2.75) is 6.04 Å². The van der Waals surface area contributed by atoms with Crippen LogP contribution in [0.4, 0.5) is 5.82 Å². The zero-order valence-corrected chi connectivity index (χ0v) is 12.4. The molecule has 0 bridgehead atoms. The summed E-state index contributed by atoms with van der Waals surface area (Å²) >= 11 is 17.9. The molecule has 1 unspecified atom stereocenters. The third kappa shape index (κ3) is 3.12. The van der Waals surface area contributed by atoms with Gasteiger partial charge in [0.15, 0.2) is 0 Å². The molecule has 19 heavy (non-hydrogen) atoms. The molecule has 0 aliphatic carbocycles. The first-order chi connectivity index (χ1) is 9.02. The molecule has 3 N–H and O–H groups in total. The van der Waals surface area contributed by atoms with Gasteiger partial charge in [-0.3, -0.25) is 0 Å². The van der Waals surface area contributed by atoms with E-state index in [-0.39, 0.29) is 6.04 Å². The number of nitrogens with zero attached hydrogens (tertiary/aromatic N) is 1. The first kappa shape index (κ1) is 14.4. The third-order valence-electron chi connectivity index (χ3n) is 2.79. The minimum absolute atomic E-state index is 0.152. The maximum Gasteiger partial charge on any atom is 0.128 e. The molecule has 0 spiro atoms. The molecule has 0 aliphatic heterocycles. The zero-order valence-electron chi connectivity index (χ0n) is 10.1. The van der Waals surface area contributed by atoms with Gasteiger partial charge in [-0.15, -0.1) is 0 Å². The van der Waals surface area contributed by atoms with E-state index in [1.807, 2.05) is 13.1 Å². The summed E-state index contributed by atoms with van der Waals surface area (Å²) in [6.45, 7) is 0. The topological polar surface area (TPSA) is 50.9 Å². The van der Waals surface area contributed by atoms with Crippen LogP contribution in [0.15, 0.2) is 30.5 Å². The largest absolute Gasteiger partial charge is 0.383 e. The number of rotatable bonds is 3. The first-order valence-electron chi connectivity index (χ1n) is 5.56. The van der Waals surface area contributed by atoms with Crippen LogP contribution < -0.4 is 11.1 Å². The predicted octanol–water partition coefficient (Wildman–Crippen LogP) is 3.93. The van der Waals surface area contributed by atoms with E-state index in [1.54, 1.807) is 18.2 Å². The van der Waals surface area contributed by atoms with Gasteiger partial charge < -0.3 is 11.1 Å². The van der Waals surface area contributed by atoms with Crippen molar-refractivity contribution >= 4 is 40.6 Å². The molecule has 1 heterocycles. The van der Waals surface area contributed by atoms with Crippen LogP contribution in [0, 0.1) is 0 Å². The highest BCUT2D eigenvalue weighted by molar-refractivity contribution is 6.42. The monoisotopic (exact) mass is 315 g/mol. The van der Waals surface area contributed by atoms with Crippen molar-refractivity contribution in [3.05, 3.63) is 56.7 Å². The van der Waals surface area contributed by atoms with Gasteiger partial charge in [-0.2, -0.15) is 0 Å². The fourth-order valence-corrected chi connectivity index (χ4v) is 2.36. The zero-order chi connectivity index (χ0) is 14.0. The normalized spacial score (nSPS) is 12.4. The number of hydrogen-bond acceptors (Lipinski definition) is 3. The molecule has 0 fully saturated rings. The van der Waals surface area contributed by atoms with Crippen molar-refractivity contribution in [1.82, 2.24) is 10.3 Å². The van der Waals surface area contributed by atoms with Gasteiger partial charge in [0.1, 0.15) is 5.82 Å². The van der Waals surface area contributed by atoms with Gasteiger partial charge in [0.25, 0.3) is 0 Å². The minimum atomic E-state index is -0.152. The molecular formula is C13H12Cl3N3. The van der Waals surface area contributed by atoms with Gasteiger partial charge >= 0.3 is 0 Å². The third-order valence-corrected chi connectivity index (χ3v) is 3.74. The molecule has 1 aromatic heterocycles. The lowest BCUT2D eigenvalue weighted by Gasteiger charge is -2.19. The lowest BCUT2D eigenvalue weighted by molar-refractivity contribution is 0.691. The molecule has 0 amide bonds. The van der Waals surface area contributed by atoms with Crippen molar-refractivity contribution in [3.8, 4) is 0 Å². The van der Waals surface area contributed by atoms with Gasteiger partial charge in [0.2, 0.25) is 0 Å². The van der Waals surface area contributed by atoms with Crippen molar-refractivity contribution in [2.75, 3.05) is 12.8 Å². The van der Waals surface area contributed by atoms with E-state index in [0.29, 0.717) is 20.9 Å². The summed E-state index contributed by atoms with van der Waals surface area (Å²) in [6.07, 6.45) is 1.52. The minimum Gasteiger partial charge on any atom is -0.383 e. The number of anilines is 1. The highest BCUT2D eigenvalue weighted by Crippen LogP contribution is 2.31. The fraction of sp³-hybridized carbons (Fsp3) is 0.154. The second kappa shape index (κ2) is 5.97. The van der Waals surface area contributed by atoms with E-state index in [9.17, 15) is 0 Å². The standard InChI is InChI=1S/C13H12Cl3N3/c1-18-12(7-2-3-10(15)11(16)4-7)9-5-8(14)6-19-13(9)17/h2-6,12,18H,1H3,(H2,17,19). The Labute approximate surface area is 126 Å². The SMILES string of the molecule is CNC(c1ccc(Cl)c(Cl)c1)c1cc(Cl)cnc1N. The molecule has 0 saturated carbocycles. The van der Waals surface area contributed by atoms with Crippen LogP contribution in [0.25, 0.3) is 0 Å². The molecule has 100 valence electrons. The number of halogens is 3. The quantitative estimate of drug-likeness (QED) is 0.902. The van der Waals surface area contributed by atoms with E-state index in [0.717, 1.165) is 11.1 Å². The highest BCUT2D eigenvalue weighted by Gasteiger charge is 2.17. The average molecular weight is 317 g/mol. The number of nitrogen functional groups attached to an aromatic ring is 1. The summed E-state index contributed by atoms with van der Waals surface area (Å²) in [4.78, 5) is 4.06. The Hall–Kier alpha value is -1.00. The summed E-state index contributed by atoms with van der Waals surface area (Å²) in [5, 5.41) is 4.71. The molecule has 1 aromatic carbocycles. The van der Waals surface area contributed by atoms with Crippen molar-refractivity contribution in [1.29, 1.82) is 0 Å². The van der Waals surface area contributed by atoms with Gasteiger partial charge in [0, 0.05) is 11.8 Å². The lowest BCUT2D eigenvalue weighted by Crippen LogP contribution is -2.19. The van der Waals surface area contributed by atoms with Crippen molar-refractivity contribution in [2.24, 2.45) is 0 Å². The number of aromatic nitrogens is 1. The van der Waals surface area contributed by atoms with E-state index in [4.69, 9.17) is 40.5 Å². The molecule has 3 nitrogen and oxygen atoms in total. The Balaban J connectivity index is 2.49. The van der Waals surface area contributed by atoms with Crippen molar-refractivity contribution < 1.29 is 0 Å². The van der Waals surface area contributed by atoms with Crippen LogP contribution in [0.3, 0.4) is 0 Å². The van der Waals surface area contributed by atoms with Crippen LogP contribution in [0.1, 0.15) is 17.2 Å². The molecule has 1 atom stereocenters. The second-order valence-electron chi connectivity index (χ2n) is 4.02. The average Bonchev–Trinajstić information content (AvgIpc) is 2.38. The fourth-order valence-electron chi connectivity index (χ4n) is 1.89. The Bertz CT molecular complexity index is 602. The smallest absolute Gasteiger partial charge is 0.128 e. The summed E-state index contributed by atoms with van der Waals surface area (Å²) in [7, 11) is 1.83. The van der Waals surface area contributed by atoms with Gasteiger partial charge in [-0.1, -0.05) is 40.9 Å². The van der Waals surface area contributed by atoms with Gasteiger partial charge in [0.05, 0.1) is 21.1 Å². The molecule has 2 rings (SSSR count). The lowest BCUT2D eigenvalue weighted by atomic mass is 9.99. The van der Waals surface area contributed by atoms with Crippen molar-refractivity contribution in [3.63, 3.8) is 0 Å². The molecule has 2 aromatic rings. The Morgan fingerprint density at radius 1 is 1.16 bits per heavy atom. The Morgan fingerprint density at radius 3 is 2.53 bits per heavy atom. The Kier molecular flexibility index (Phi) is 4.53. The molecule has 0 aliphatic rings. The molecule has 0 radical (unpaired) electrons. The Morgan fingerprint density at radius 2 is 1.89 bits per heavy atom. The van der Waals surface area contributed by atoms with Crippen LogP contribution in [0.5, 0.6) is 0 Å². The summed E-state index contributed by atoms with van der Waals surface area (Å²) in [5.41, 5.74) is 7.64. The predicted molar refractivity (Wildman–Crippen MR) is 81.0 cm³/mol. The first-order valence-corrected chi connectivity index (χ1v) is 6.69. The number of pyridine rings is 1. The second-order valence-corrected chi connectivity index (χ2v) is 5.27. The molecular weight excluding hydrogens is 305 g/mol. The van der Waals surface area contributed by atoms with Gasteiger partial charge in [-0.05, 0) is 30.8 Å². The van der Waals surface area contributed by atoms with Gasteiger partial charge in [-0.25, -0.2) is 4.98 Å². The van der Waals surface area contributed by atoms with Crippen LogP contribution >= 0.6 is 34.8 Å². The number of nitrogens with two attached hydrogens (primary N) is 1. The van der Waals surface area contributed by atoms with Crippen LogP contribution in [-0.4, -0.2) is 12.0 Å². The maximum atomic E-state index is 6.04. The number of hydrogen-bond donors (Lipinski definition) is 2. The number of nitrogens with one attached hydrogen (secondary N) is 1. The summed E-state index contributed by atoms with van der Waals surface area (Å²) in [6, 6.07) is 7.06. The summed E-state index contributed by atoms with van der Waals surface area (Å²) in [5.74, 6) is 0.426. The van der Waals surface area contributed by atoms with E-state index >= 15 is 0 Å². The summed E-state index contributed by atoms with van der Waals surface area (Å²) < 4.78 is 0.